The number of carbonyl (C=O) groups is 2. The fraction of sp³-hybridized carbons (Fsp3) is 0.429. The lowest BCUT2D eigenvalue weighted by molar-refractivity contribution is -0.127. The Hall–Kier alpha value is -1.56. The van der Waals surface area contributed by atoms with Gasteiger partial charge in [0.2, 0.25) is 11.8 Å². The van der Waals surface area contributed by atoms with Crippen LogP contribution in [0.2, 0.25) is 0 Å². The average molecular weight is 343 g/mol. The molecule has 2 amide bonds. The van der Waals surface area contributed by atoms with Crippen LogP contribution >= 0.6 is 15.9 Å². The maximum absolute atomic E-state index is 11.8. The topological polar surface area (TPSA) is 71.3 Å². The van der Waals surface area contributed by atoms with Gasteiger partial charge in [-0.2, -0.15) is 0 Å². The van der Waals surface area contributed by atoms with Gasteiger partial charge in [0.1, 0.15) is 11.8 Å². The molecule has 0 aliphatic heterocycles. The standard InChI is InChI=1S/C14H19BrN2O3/c1-9(2)8-11(14(19)16-3)17-13(18)7-5-10-4-6-12(15)20-10/h4-7,9,11H,8H2,1-3H3,(H,16,19)(H,17,18)/t11-/m0/s1. The molecule has 1 heterocycles. The second-order valence-corrected chi connectivity index (χ2v) is 5.56. The van der Waals surface area contributed by atoms with Gasteiger partial charge in [-0.3, -0.25) is 9.59 Å². The Kier molecular flexibility index (Phi) is 6.51. The molecule has 1 atom stereocenters. The first-order chi connectivity index (χ1) is 9.42. The van der Waals surface area contributed by atoms with Gasteiger partial charge in [0.05, 0.1) is 0 Å². The van der Waals surface area contributed by atoms with Crippen molar-refractivity contribution < 1.29 is 14.0 Å². The average Bonchev–Trinajstić information content (AvgIpc) is 2.80. The molecule has 2 N–H and O–H groups in total. The molecule has 0 radical (unpaired) electrons. The van der Waals surface area contributed by atoms with Gasteiger partial charge in [-0.05, 0) is 46.5 Å². The molecule has 0 aromatic carbocycles. The molecule has 0 spiro atoms. The van der Waals surface area contributed by atoms with Crippen molar-refractivity contribution in [3.63, 3.8) is 0 Å². The molecule has 5 nitrogen and oxygen atoms in total. The van der Waals surface area contributed by atoms with E-state index in [0.717, 1.165) is 0 Å². The molecular formula is C14H19BrN2O3. The fourth-order valence-corrected chi connectivity index (χ4v) is 1.99. The highest BCUT2D eigenvalue weighted by Gasteiger charge is 2.19. The molecule has 0 unspecified atom stereocenters. The van der Waals surface area contributed by atoms with Crippen LogP contribution in [0.25, 0.3) is 6.08 Å². The van der Waals surface area contributed by atoms with Crippen molar-refractivity contribution in [3.05, 3.63) is 28.6 Å². The van der Waals surface area contributed by atoms with Crippen molar-refractivity contribution >= 4 is 33.8 Å². The van der Waals surface area contributed by atoms with E-state index in [1.54, 1.807) is 25.3 Å². The Morgan fingerprint density at radius 2 is 2.10 bits per heavy atom. The molecule has 1 aromatic heterocycles. The van der Waals surface area contributed by atoms with Crippen molar-refractivity contribution in [3.8, 4) is 0 Å². The van der Waals surface area contributed by atoms with Gasteiger partial charge in [0, 0.05) is 13.1 Å². The van der Waals surface area contributed by atoms with Crippen LogP contribution in [0, 0.1) is 5.92 Å². The number of rotatable bonds is 6. The summed E-state index contributed by atoms with van der Waals surface area (Å²) in [5.74, 6) is 0.350. The maximum atomic E-state index is 11.8. The normalized spacial score (nSPS) is 12.7. The minimum absolute atomic E-state index is 0.193. The van der Waals surface area contributed by atoms with Gasteiger partial charge in [-0.25, -0.2) is 0 Å². The number of hydrogen-bond acceptors (Lipinski definition) is 3. The third kappa shape index (κ3) is 5.61. The molecule has 0 aliphatic carbocycles. The predicted octanol–water partition coefficient (Wildman–Crippen LogP) is 2.33. The van der Waals surface area contributed by atoms with Gasteiger partial charge in [-0.1, -0.05) is 13.8 Å². The zero-order valence-electron chi connectivity index (χ0n) is 11.8. The third-order valence-electron chi connectivity index (χ3n) is 2.58. The first kappa shape index (κ1) is 16.5. The zero-order chi connectivity index (χ0) is 15.1. The van der Waals surface area contributed by atoms with Crippen molar-refractivity contribution in [2.75, 3.05) is 7.05 Å². The summed E-state index contributed by atoms with van der Waals surface area (Å²) in [6.07, 6.45) is 3.49. The summed E-state index contributed by atoms with van der Waals surface area (Å²) in [5.41, 5.74) is 0. The first-order valence-electron chi connectivity index (χ1n) is 6.38. The number of likely N-dealkylation sites (N-methyl/N-ethyl adjacent to an activating group) is 1. The lowest BCUT2D eigenvalue weighted by Gasteiger charge is -2.18. The Balaban J connectivity index is 2.61. The number of hydrogen-bond donors (Lipinski definition) is 2. The van der Waals surface area contributed by atoms with Gasteiger partial charge >= 0.3 is 0 Å². The number of carbonyl (C=O) groups excluding carboxylic acids is 2. The largest absolute Gasteiger partial charge is 0.450 e. The molecule has 0 saturated heterocycles. The Morgan fingerprint density at radius 3 is 2.60 bits per heavy atom. The monoisotopic (exact) mass is 342 g/mol. The maximum Gasteiger partial charge on any atom is 0.244 e. The van der Waals surface area contributed by atoms with Crippen LogP contribution in [-0.2, 0) is 9.59 Å². The number of furan rings is 1. The van der Waals surface area contributed by atoms with E-state index >= 15 is 0 Å². The SMILES string of the molecule is CNC(=O)[C@H](CC(C)C)NC(=O)C=Cc1ccc(Br)o1. The zero-order valence-corrected chi connectivity index (χ0v) is 13.4. The Morgan fingerprint density at radius 1 is 1.40 bits per heavy atom. The van der Waals surface area contributed by atoms with E-state index in [0.29, 0.717) is 22.8 Å². The second-order valence-electron chi connectivity index (χ2n) is 4.78. The van der Waals surface area contributed by atoms with Gasteiger partial charge in [-0.15, -0.1) is 0 Å². The van der Waals surface area contributed by atoms with Crippen LogP contribution in [0.1, 0.15) is 26.0 Å². The Labute approximate surface area is 126 Å². The van der Waals surface area contributed by atoms with E-state index in [4.69, 9.17) is 4.42 Å². The quantitative estimate of drug-likeness (QED) is 0.779. The van der Waals surface area contributed by atoms with E-state index in [1.807, 2.05) is 13.8 Å². The van der Waals surface area contributed by atoms with Crippen LogP contribution < -0.4 is 10.6 Å². The molecule has 0 aliphatic rings. The van der Waals surface area contributed by atoms with E-state index in [2.05, 4.69) is 26.6 Å². The molecule has 6 heteroatoms. The third-order valence-corrected chi connectivity index (χ3v) is 3.01. The van der Waals surface area contributed by atoms with E-state index < -0.39 is 6.04 Å². The highest BCUT2D eigenvalue weighted by Crippen LogP contribution is 2.15. The summed E-state index contributed by atoms with van der Waals surface area (Å²) in [6.45, 7) is 4.00. The van der Waals surface area contributed by atoms with E-state index in [1.165, 1.54) is 6.08 Å². The van der Waals surface area contributed by atoms with Gasteiger partial charge in [0.15, 0.2) is 4.67 Å². The molecule has 0 bridgehead atoms. The van der Waals surface area contributed by atoms with Crippen LogP contribution in [-0.4, -0.2) is 24.9 Å². The minimum Gasteiger partial charge on any atom is -0.450 e. The molecule has 1 rings (SSSR count). The minimum atomic E-state index is -0.527. The van der Waals surface area contributed by atoms with Crippen molar-refractivity contribution in [1.29, 1.82) is 0 Å². The summed E-state index contributed by atoms with van der Waals surface area (Å²) in [5, 5.41) is 5.24. The smallest absolute Gasteiger partial charge is 0.244 e. The van der Waals surface area contributed by atoms with Crippen LogP contribution in [0.4, 0.5) is 0 Å². The predicted molar refractivity (Wildman–Crippen MR) is 80.9 cm³/mol. The summed E-state index contributed by atoms with van der Waals surface area (Å²) < 4.78 is 5.84. The van der Waals surface area contributed by atoms with Crippen LogP contribution in [0.15, 0.2) is 27.3 Å². The van der Waals surface area contributed by atoms with Gasteiger partial charge < -0.3 is 15.1 Å². The summed E-state index contributed by atoms with van der Waals surface area (Å²) in [6, 6.07) is 2.95. The molecule has 20 heavy (non-hydrogen) atoms. The number of nitrogens with one attached hydrogen (secondary N) is 2. The summed E-state index contributed by atoms with van der Waals surface area (Å²) in [7, 11) is 1.55. The summed E-state index contributed by atoms with van der Waals surface area (Å²) in [4.78, 5) is 23.5. The van der Waals surface area contributed by atoms with E-state index in [9.17, 15) is 9.59 Å². The van der Waals surface area contributed by atoms with Crippen molar-refractivity contribution in [2.45, 2.75) is 26.3 Å². The van der Waals surface area contributed by atoms with Crippen molar-refractivity contribution in [1.82, 2.24) is 10.6 Å². The number of amides is 2. The molecule has 0 fully saturated rings. The first-order valence-corrected chi connectivity index (χ1v) is 7.17. The second kappa shape index (κ2) is 7.89. The summed E-state index contributed by atoms with van der Waals surface area (Å²) >= 11 is 3.18. The lowest BCUT2D eigenvalue weighted by atomic mass is 10.0. The molecule has 1 aromatic rings. The highest BCUT2D eigenvalue weighted by atomic mass is 79.9. The van der Waals surface area contributed by atoms with Gasteiger partial charge in [0.25, 0.3) is 0 Å². The Bertz CT molecular complexity index is 494. The van der Waals surface area contributed by atoms with Crippen LogP contribution in [0.5, 0.6) is 0 Å². The highest BCUT2D eigenvalue weighted by molar-refractivity contribution is 9.10. The molecule has 110 valence electrons. The van der Waals surface area contributed by atoms with E-state index in [-0.39, 0.29) is 11.8 Å². The molecular weight excluding hydrogens is 324 g/mol. The van der Waals surface area contributed by atoms with Crippen molar-refractivity contribution in [2.24, 2.45) is 5.92 Å². The molecule has 0 saturated carbocycles. The lowest BCUT2D eigenvalue weighted by Crippen LogP contribution is -2.45. The van der Waals surface area contributed by atoms with Crippen LogP contribution in [0.3, 0.4) is 0 Å². The fourth-order valence-electron chi connectivity index (χ4n) is 1.67. The number of halogens is 1.